The highest BCUT2D eigenvalue weighted by Crippen LogP contribution is 2.23. The van der Waals surface area contributed by atoms with Crippen molar-refractivity contribution in [3.8, 4) is 0 Å². The largest absolute Gasteiger partial charge is 0.447 e. The molecule has 0 radical (unpaired) electrons. The van der Waals surface area contributed by atoms with Gasteiger partial charge in [-0.3, -0.25) is 9.59 Å². The maximum atomic E-state index is 13.2. The molecule has 4 nitrogen and oxygen atoms in total. The normalized spacial score (nSPS) is 14.7. The van der Waals surface area contributed by atoms with Gasteiger partial charge in [0.15, 0.2) is 0 Å². The molecule has 2 aromatic rings. The van der Waals surface area contributed by atoms with E-state index in [0.29, 0.717) is 11.1 Å². The Morgan fingerprint density at radius 2 is 1.88 bits per heavy atom. The van der Waals surface area contributed by atoms with E-state index in [1.807, 2.05) is 6.07 Å². The van der Waals surface area contributed by atoms with Gasteiger partial charge in [-0.15, -0.1) is 0 Å². The molecular weight excluding hydrogens is 309 g/mol. The lowest BCUT2D eigenvalue weighted by molar-refractivity contribution is -0.156. The zero-order valence-corrected chi connectivity index (χ0v) is 13.1. The number of amides is 1. The quantitative estimate of drug-likeness (QED) is 0.830. The number of rotatable bonds is 6. The van der Waals surface area contributed by atoms with E-state index >= 15 is 0 Å². The third kappa shape index (κ3) is 4.41. The van der Waals surface area contributed by atoms with E-state index < -0.39 is 17.9 Å². The summed E-state index contributed by atoms with van der Waals surface area (Å²) in [5.74, 6) is -1.30. The highest BCUT2D eigenvalue weighted by Gasteiger charge is 2.30. The number of hydrogen-bond donors (Lipinski definition) is 1. The minimum absolute atomic E-state index is 0.0855. The fourth-order valence-corrected chi connectivity index (χ4v) is 2.39. The van der Waals surface area contributed by atoms with Crippen LogP contribution in [0.4, 0.5) is 4.39 Å². The summed E-state index contributed by atoms with van der Waals surface area (Å²) >= 11 is 0. The topological polar surface area (TPSA) is 55.4 Å². The van der Waals surface area contributed by atoms with E-state index in [-0.39, 0.29) is 18.4 Å². The van der Waals surface area contributed by atoms with Gasteiger partial charge in [0.25, 0.3) is 5.91 Å². The average molecular weight is 327 g/mol. The lowest BCUT2D eigenvalue weighted by Gasteiger charge is -2.18. The third-order valence-corrected chi connectivity index (χ3v) is 3.75. The SMILES string of the molecule is O=C(Cc1cccc(F)c1)OC(C(=O)NC1CC1)c1ccccc1. The standard InChI is InChI=1S/C19H18FNO3/c20-15-8-4-5-13(11-15)12-17(22)24-18(14-6-2-1-3-7-14)19(23)21-16-9-10-16/h1-8,11,16,18H,9-10,12H2,(H,21,23). The van der Waals surface area contributed by atoms with E-state index in [1.54, 1.807) is 30.3 Å². The molecule has 1 aliphatic rings. The fraction of sp³-hybridized carbons (Fsp3) is 0.263. The first kappa shape index (κ1) is 16.2. The van der Waals surface area contributed by atoms with Gasteiger partial charge in [-0.05, 0) is 30.5 Å². The van der Waals surface area contributed by atoms with Crippen molar-refractivity contribution in [3.63, 3.8) is 0 Å². The zero-order valence-electron chi connectivity index (χ0n) is 13.1. The number of nitrogens with one attached hydrogen (secondary N) is 1. The number of benzene rings is 2. The van der Waals surface area contributed by atoms with Gasteiger partial charge in [-0.2, -0.15) is 0 Å². The van der Waals surface area contributed by atoms with Crippen molar-refractivity contribution in [3.05, 3.63) is 71.5 Å². The van der Waals surface area contributed by atoms with Crippen LogP contribution in [-0.4, -0.2) is 17.9 Å². The van der Waals surface area contributed by atoms with Gasteiger partial charge in [0, 0.05) is 11.6 Å². The van der Waals surface area contributed by atoms with Crippen LogP contribution >= 0.6 is 0 Å². The Hall–Kier alpha value is -2.69. The summed E-state index contributed by atoms with van der Waals surface area (Å²) in [6.45, 7) is 0. The second-order valence-corrected chi connectivity index (χ2v) is 5.87. The minimum Gasteiger partial charge on any atom is -0.447 e. The Labute approximate surface area is 139 Å². The van der Waals surface area contributed by atoms with Crippen molar-refractivity contribution in [1.29, 1.82) is 0 Å². The van der Waals surface area contributed by atoms with Gasteiger partial charge in [0.2, 0.25) is 6.10 Å². The molecule has 0 bridgehead atoms. The van der Waals surface area contributed by atoms with Crippen LogP contribution in [0.25, 0.3) is 0 Å². The van der Waals surface area contributed by atoms with Crippen LogP contribution in [0, 0.1) is 5.82 Å². The molecule has 1 amide bonds. The summed E-state index contributed by atoms with van der Waals surface area (Å²) < 4.78 is 18.6. The van der Waals surface area contributed by atoms with Crippen molar-refractivity contribution in [2.24, 2.45) is 0 Å². The Morgan fingerprint density at radius 1 is 1.12 bits per heavy atom. The van der Waals surface area contributed by atoms with Crippen LogP contribution in [0.3, 0.4) is 0 Å². The number of esters is 1. The number of ether oxygens (including phenoxy) is 1. The van der Waals surface area contributed by atoms with Crippen LogP contribution in [0.2, 0.25) is 0 Å². The zero-order chi connectivity index (χ0) is 16.9. The molecule has 0 saturated heterocycles. The first-order valence-electron chi connectivity index (χ1n) is 7.91. The van der Waals surface area contributed by atoms with Crippen LogP contribution < -0.4 is 5.32 Å². The molecule has 2 aromatic carbocycles. The smallest absolute Gasteiger partial charge is 0.311 e. The van der Waals surface area contributed by atoms with E-state index in [4.69, 9.17) is 4.74 Å². The van der Waals surface area contributed by atoms with Gasteiger partial charge in [-0.1, -0.05) is 42.5 Å². The maximum absolute atomic E-state index is 13.2. The van der Waals surface area contributed by atoms with Crippen LogP contribution in [0.1, 0.15) is 30.1 Å². The van der Waals surface area contributed by atoms with Crippen molar-refractivity contribution >= 4 is 11.9 Å². The lowest BCUT2D eigenvalue weighted by Crippen LogP contribution is -2.33. The maximum Gasteiger partial charge on any atom is 0.311 e. The van der Waals surface area contributed by atoms with Gasteiger partial charge in [-0.25, -0.2) is 4.39 Å². The van der Waals surface area contributed by atoms with Crippen LogP contribution in [0.5, 0.6) is 0 Å². The van der Waals surface area contributed by atoms with E-state index in [9.17, 15) is 14.0 Å². The Bertz CT molecular complexity index is 728. The first-order valence-corrected chi connectivity index (χ1v) is 7.91. The number of hydrogen-bond acceptors (Lipinski definition) is 3. The molecule has 1 N–H and O–H groups in total. The second-order valence-electron chi connectivity index (χ2n) is 5.87. The molecule has 0 spiro atoms. The fourth-order valence-electron chi connectivity index (χ4n) is 2.39. The first-order chi connectivity index (χ1) is 11.6. The predicted molar refractivity (Wildman–Crippen MR) is 86.5 cm³/mol. The molecule has 1 atom stereocenters. The van der Waals surface area contributed by atoms with Gasteiger partial charge < -0.3 is 10.1 Å². The molecule has 3 rings (SSSR count). The molecule has 1 fully saturated rings. The minimum atomic E-state index is -0.993. The van der Waals surface area contributed by atoms with Gasteiger partial charge >= 0.3 is 5.97 Å². The third-order valence-electron chi connectivity index (χ3n) is 3.75. The van der Waals surface area contributed by atoms with Crippen molar-refractivity contribution in [2.45, 2.75) is 31.4 Å². The van der Waals surface area contributed by atoms with E-state index in [1.165, 1.54) is 18.2 Å². The molecule has 124 valence electrons. The molecule has 5 heteroatoms. The van der Waals surface area contributed by atoms with Crippen molar-refractivity contribution in [2.75, 3.05) is 0 Å². The Balaban J connectivity index is 1.70. The van der Waals surface area contributed by atoms with Crippen molar-refractivity contribution < 1.29 is 18.7 Å². The highest BCUT2D eigenvalue weighted by atomic mass is 19.1. The van der Waals surface area contributed by atoms with Gasteiger partial charge in [0.1, 0.15) is 5.82 Å². The average Bonchev–Trinajstić information content (AvgIpc) is 3.37. The van der Waals surface area contributed by atoms with E-state index in [0.717, 1.165) is 12.8 Å². The van der Waals surface area contributed by atoms with Crippen LogP contribution in [-0.2, 0) is 20.7 Å². The summed E-state index contributed by atoms with van der Waals surface area (Å²) in [5, 5.41) is 2.85. The molecule has 0 aromatic heterocycles. The summed E-state index contributed by atoms with van der Waals surface area (Å²) in [6, 6.07) is 14.8. The molecular formula is C19H18FNO3. The second kappa shape index (κ2) is 7.25. The Morgan fingerprint density at radius 3 is 2.54 bits per heavy atom. The molecule has 1 saturated carbocycles. The number of carbonyl (C=O) groups excluding carboxylic acids is 2. The lowest BCUT2D eigenvalue weighted by atomic mass is 10.1. The number of carbonyl (C=O) groups is 2. The molecule has 0 aliphatic heterocycles. The van der Waals surface area contributed by atoms with Crippen molar-refractivity contribution in [1.82, 2.24) is 5.32 Å². The van der Waals surface area contributed by atoms with Gasteiger partial charge in [0.05, 0.1) is 6.42 Å². The van der Waals surface area contributed by atoms with Crippen LogP contribution in [0.15, 0.2) is 54.6 Å². The molecule has 0 heterocycles. The molecule has 1 aliphatic carbocycles. The summed E-state index contributed by atoms with van der Waals surface area (Å²) in [4.78, 5) is 24.6. The summed E-state index contributed by atoms with van der Waals surface area (Å²) in [7, 11) is 0. The number of halogens is 1. The monoisotopic (exact) mass is 327 g/mol. The Kier molecular flexibility index (Phi) is 4.89. The highest BCUT2D eigenvalue weighted by molar-refractivity contribution is 5.85. The summed E-state index contributed by atoms with van der Waals surface area (Å²) in [5.41, 5.74) is 1.12. The molecule has 1 unspecified atom stereocenters. The molecule has 24 heavy (non-hydrogen) atoms. The predicted octanol–water partition coefficient (Wildman–Crippen LogP) is 2.93. The summed E-state index contributed by atoms with van der Waals surface area (Å²) in [6.07, 6.45) is 0.820. The van der Waals surface area contributed by atoms with E-state index in [2.05, 4.69) is 5.32 Å².